The first-order chi connectivity index (χ1) is 4.38. The number of oxime groups is 1. The first-order valence-electron chi connectivity index (χ1n) is 2.98. The molecule has 1 saturated heterocycles. The van der Waals surface area contributed by atoms with Gasteiger partial charge in [-0.1, -0.05) is 11.7 Å². The molecule has 0 atom stereocenters. The summed E-state index contributed by atoms with van der Waals surface area (Å²) in [6, 6.07) is 0. The van der Waals surface area contributed by atoms with Crippen LogP contribution in [0.4, 0.5) is 0 Å². The lowest BCUT2D eigenvalue weighted by molar-refractivity contribution is 0.311. The maximum Gasteiger partial charge on any atom is 0.148 e. The topological polar surface area (TPSA) is 35.8 Å². The van der Waals surface area contributed by atoms with Gasteiger partial charge in [0.25, 0.3) is 0 Å². The molecule has 0 amide bonds. The van der Waals surface area contributed by atoms with Crippen molar-refractivity contribution in [1.82, 2.24) is 4.90 Å². The van der Waals surface area contributed by atoms with Crippen LogP contribution in [0, 0.1) is 0 Å². The molecule has 0 unspecified atom stereocenters. The molecule has 1 heterocycles. The fourth-order valence-corrected chi connectivity index (χ4v) is 0.984. The van der Waals surface area contributed by atoms with Crippen molar-refractivity contribution in [3.8, 4) is 0 Å². The Hall–Kier alpha value is -0.990. The van der Waals surface area contributed by atoms with Crippen LogP contribution in [0.2, 0.25) is 0 Å². The van der Waals surface area contributed by atoms with Gasteiger partial charge in [0.2, 0.25) is 0 Å². The molecule has 0 spiro atoms. The molecular formula is C6H10N2O. The lowest BCUT2D eigenvalue weighted by atomic mass is 10.4. The number of rotatable bonds is 1. The first-order valence-corrected chi connectivity index (χ1v) is 2.98. The quantitative estimate of drug-likeness (QED) is 0.420. The van der Waals surface area contributed by atoms with E-state index in [-0.39, 0.29) is 0 Å². The minimum atomic E-state index is 0.727. The Morgan fingerprint density at radius 2 is 2.56 bits per heavy atom. The second-order valence-electron chi connectivity index (χ2n) is 2.00. The van der Waals surface area contributed by atoms with Gasteiger partial charge in [0, 0.05) is 13.0 Å². The van der Waals surface area contributed by atoms with Crippen molar-refractivity contribution >= 4 is 5.84 Å². The average molecular weight is 126 g/mol. The third-order valence-electron chi connectivity index (χ3n) is 1.47. The van der Waals surface area contributed by atoms with E-state index in [1.54, 1.807) is 6.20 Å². The van der Waals surface area contributed by atoms with Crippen LogP contribution in [0.5, 0.6) is 0 Å². The maximum absolute atomic E-state index is 8.37. The molecule has 0 aliphatic carbocycles. The first kappa shape index (κ1) is 6.13. The van der Waals surface area contributed by atoms with Crippen molar-refractivity contribution in [2.45, 2.75) is 12.8 Å². The standard InChI is InChI=1S/C6H10N2O/c1-2-8-5-3-4-6(8)7-9/h2,9H,1,3-5H2. The van der Waals surface area contributed by atoms with Gasteiger partial charge in [-0.2, -0.15) is 0 Å². The van der Waals surface area contributed by atoms with Crippen LogP contribution >= 0.6 is 0 Å². The average Bonchev–Trinajstić information content (AvgIpc) is 2.33. The summed E-state index contributed by atoms with van der Waals surface area (Å²) in [5.74, 6) is 0.727. The second-order valence-corrected chi connectivity index (χ2v) is 2.00. The second kappa shape index (κ2) is 2.53. The Kier molecular flexibility index (Phi) is 1.72. The minimum Gasteiger partial charge on any atom is -0.409 e. The number of hydrogen-bond donors (Lipinski definition) is 1. The van der Waals surface area contributed by atoms with E-state index >= 15 is 0 Å². The van der Waals surface area contributed by atoms with E-state index in [1.807, 2.05) is 4.90 Å². The van der Waals surface area contributed by atoms with Gasteiger partial charge in [-0.05, 0) is 12.6 Å². The van der Waals surface area contributed by atoms with E-state index in [0.717, 1.165) is 25.2 Å². The number of nitrogens with zero attached hydrogens (tertiary/aromatic N) is 2. The van der Waals surface area contributed by atoms with Crippen LogP contribution in [0.1, 0.15) is 12.8 Å². The van der Waals surface area contributed by atoms with Crippen molar-refractivity contribution in [3.05, 3.63) is 12.8 Å². The van der Waals surface area contributed by atoms with E-state index in [0.29, 0.717) is 0 Å². The van der Waals surface area contributed by atoms with Gasteiger partial charge < -0.3 is 10.1 Å². The summed E-state index contributed by atoms with van der Waals surface area (Å²) < 4.78 is 0. The number of hydrogen-bond acceptors (Lipinski definition) is 2. The van der Waals surface area contributed by atoms with E-state index in [4.69, 9.17) is 5.21 Å². The summed E-state index contributed by atoms with van der Waals surface area (Å²) in [5, 5.41) is 11.5. The van der Waals surface area contributed by atoms with Crippen molar-refractivity contribution in [2.24, 2.45) is 5.16 Å². The van der Waals surface area contributed by atoms with Crippen molar-refractivity contribution in [1.29, 1.82) is 0 Å². The lowest BCUT2D eigenvalue weighted by Gasteiger charge is -2.08. The molecule has 1 N–H and O–H groups in total. The Bertz CT molecular complexity index is 142. The van der Waals surface area contributed by atoms with Gasteiger partial charge >= 0.3 is 0 Å². The molecule has 9 heavy (non-hydrogen) atoms. The van der Waals surface area contributed by atoms with Crippen molar-refractivity contribution in [3.63, 3.8) is 0 Å². The van der Waals surface area contributed by atoms with Gasteiger partial charge in [0.15, 0.2) is 0 Å². The highest BCUT2D eigenvalue weighted by Gasteiger charge is 2.15. The Morgan fingerprint density at radius 1 is 1.78 bits per heavy atom. The van der Waals surface area contributed by atoms with Gasteiger partial charge in [-0.3, -0.25) is 0 Å². The smallest absolute Gasteiger partial charge is 0.148 e. The van der Waals surface area contributed by atoms with Crippen LogP contribution in [-0.4, -0.2) is 22.5 Å². The maximum atomic E-state index is 8.37. The van der Waals surface area contributed by atoms with Crippen molar-refractivity contribution in [2.75, 3.05) is 6.54 Å². The number of likely N-dealkylation sites (tertiary alicyclic amines) is 1. The molecule has 1 fully saturated rings. The van der Waals surface area contributed by atoms with Gasteiger partial charge in [0.05, 0.1) is 0 Å². The molecule has 50 valence electrons. The molecule has 0 aromatic carbocycles. The summed E-state index contributed by atoms with van der Waals surface area (Å²) in [6.45, 7) is 4.51. The third kappa shape index (κ3) is 1.04. The van der Waals surface area contributed by atoms with Gasteiger partial charge in [0.1, 0.15) is 5.84 Å². The van der Waals surface area contributed by atoms with Crippen LogP contribution in [0.15, 0.2) is 17.9 Å². The zero-order valence-corrected chi connectivity index (χ0v) is 5.25. The highest BCUT2D eigenvalue weighted by molar-refractivity contribution is 5.84. The van der Waals surface area contributed by atoms with E-state index in [9.17, 15) is 0 Å². The normalized spacial score (nSPS) is 23.1. The molecule has 3 nitrogen and oxygen atoms in total. The molecule has 0 bridgehead atoms. The fraction of sp³-hybridized carbons (Fsp3) is 0.500. The predicted molar refractivity (Wildman–Crippen MR) is 35.4 cm³/mol. The van der Waals surface area contributed by atoms with E-state index in [1.165, 1.54) is 0 Å². The highest BCUT2D eigenvalue weighted by atomic mass is 16.4. The zero-order valence-electron chi connectivity index (χ0n) is 5.25. The van der Waals surface area contributed by atoms with Crippen LogP contribution in [0.25, 0.3) is 0 Å². The molecule has 1 aliphatic heterocycles. The minimum absolute atomic E-state index is 0.727. The van der Waals surface area contributed by atoms with E-state index < -0.39 is 0 Å². The SMILES string of the molecule is C=CN1CCCC1=NO. The summed E-state index contributed by atoms with van der Waals surface area (Å²) in [7, 11) is 0. The summed E-state index contributed by atoms with van der Waals surface area (Å²) in [6.07, 6.45) is 3.61. The summed E-state index contributed by atoms with van der Waals surface area (Å²) in [5.41, 5.74) is 0. The Labute approximate surface area is 54.3 Å². The van der Waals surface area contributed by atoms with Crippen molar-refractivity contribution < 1.29 is 5.21 Å². The van der Waals surface area contributed by atoms with Gasteiger partial charge in [-0.25, -0.2) is 0 Å². The summed E-state index contributed by atoms with van der Waals surface area (Å²) >= 11 is 0. The van der Waals surface area contributed by atoms with Crippen LogP contribution in [0.3, 0.4) is 0 Å². The predicted octanol–water partition coefficient (Wildman–Crippen LogP) is 1.01. The molecule has 3 heteroatoms. The summed E-state index contributed by atoms with van der Waals surface area (Å²) in [4.78, 5) is 1.85. The zero-order chi connectivity index (χ0) is 6.69. The van der Waals surface area contributed by atoms with Crippen LogP contribution in [-0.2, 0) is 0 Å². The molecule has 1 aliphatic rings. The highest BCUT2D eigenvalue weighted by Crippen LogP contribution is 2.10. The molecule has 1 rings (SSSR count). The molecule has 0 aromatic rings. The molecule has 0 radical (unpaired) electrons. The van der Waals surface area contributed by atoms with Gasteiger partial charge in [-0.15, -0.1) is 0 Å². The monoisotopic (exact) mass is 126 g/mol. The Balaban J connectivity index is 2.62. The largest absolute Gasteiger partial charge is 0.409 e. The van der Waals surface area contributed by atoms with Crippen LogP contribution < -0.4 is 0 Å². The fourth-order valence-electron chi connectivity index (χ4n) is 0.984. The lowest BCUT2D eigenvalue weighted by Crippen LogP contribution is -2.17. The number of amidine groups is 1. The van der Waals surface area contributed by atoms with E-state index in [2.05, 4.69) is 11.7 Å². The Morgan fingerprint density at radius 3 is 3.00 bits per heavy atom. The molecule has 0 aromatic heterocycles. The molecular weight excluding hydrogens is 116 g/mol. The molecule has 0 saturated carbocycles. The third-order valence-corrected chi connectivity index (χ3v) is 1.47.